The Bertz CT molecular complexity index is 905. The van der Waals surface area contributed by atoms with E-state index in [2.05, 4.69) is 0 Å². The van der Waals surface area contributed by atoms with Gasteiger partial charge in [0.2, 0.25) is 5.79 Å². The summed E-state index contributed by atoms with van der Waals surface area (Å²) >= 11 is 0. The first-order valence-electron chi connectivity index (χ1n) is 8.23. The van der Waals surface area contributed by atoms with Crippen LogP contribution in [0.4, 0.5) is 0 Å². The van der Waals surface area contributed by atoms with E-state index in [-0.39, 0.29) is 42.5 Å². The molecule has 0 radical (unpaired) electrons. The summed E-state index contributed by atoms with van der Waals surface area (Å²) in [6.07, 6.45) is 2.19. The van der Waals surface area contributed by atoms with Crippen LogP contribution in [0.3, 0.4) is 0 Å². The summed E-state index contributed by atoms with van der Waals surface area (Å²) < 4.78 is 51.0. The Labute approximate surface area is 150 Å². The van der Waals surface area contributed by atoms with Crippen molar-refractivity contribution >= 4 is 10.1 Å². The van der Waals surface area contributed by atoms with Gasteiger partial charge in [0, 0.05) is 18.9 Å². The van der Waals surface area contributed by atoms with Crippen molar-refractivity contribution in [3.63, 3.8) is 0 Å². The summed E-state index contributed by atoms with van der Waals surface area (Å²) in [6.45, 7) is 3.49. The van der Waals surface area contributed by atoms with Crippen LogP contribution in [0.5, 0.6) is 5.75 Å². The molecule has 8 nitrogen and oxygen atoms in total. The lowest BCUT2D eigenvalue weighted by molar-refractivity contribution is -0.173. The molecule has 9 heteroatoms. The normalized spacial score (nSPS) is 16.7. The molecule has 0 spiro atoms. The fraction of sp³-hybridized carbons (Fsp3) is 0.471. The smallest absolute Gasteiger partial charge is 0.348 e. The summed E-state index contributed by atoms with van der Waals surface area (Å²) in [5.41, 5.74) is -0.850. The van der Waals surface area contributed by atoms with E-state index in [0.717, 1.165) is 0 Å². The van der Waals surface area contributed by atoms with E-state index in [4.69, 9.17) is 22.5 Å². The molecule has 26 heavy (non-hydrogen) atoms. The van der Waals surface area contributed by atoms with Gasteiger partial charge >= 0.3 is 15.7 Å². The second-order valence-electron chi connectivity index (χ2n) is 5.84. The third kappa shape index (κ3) is 3.84. The van der Waals surface area contributed by atoms with Crippen LogP contribution in [0, 0.1) is 6.92 Å². The van der Waals surface area contributed by atoms with E-state index in [1.165, 1.54) is 19.9 Å². The molecule has 1 aliphatic rings. The lowest BCUT2D eigenvalue weighted by atomic mass is 10.0. The third-order valence-electron chi connectivity index (χ3n) is 4.02. The van der Waals surface area contributed by atoms with Crippen molar-refractivity contribution in [3.8, 4) is 5.75 Å². The number of aryl methyl sites for hydroxylation is 2. The molecule has 0 unspecified atom stereocenters. The first-order chi connectivity index (χ1) is 12.4. The minimum atomic E-state index is -3.85. The molecule has 3 rings (SSSR count). The fourth-order valence-electron chi connectivity index (χ4n) is 2.80. The molecule has 142 valence electrons. The molecule has 3 heterocycles. The zero-order valence-electron chi connectivity index (χ0n) is 14.5. The Morgan fingerprint density at radius 3 is 2.62 bits per heavy atom. The minimum Gasteiger partial charge on any atom is -0.469 e. The average Bonchev–Trinajstić information content (AvgIpc) is 3.24. The molecule has 0 N–H and O–H groups in total. The van der Waals surface area contributed by atoms with E-state index in [0.29, 0.717) is 12.2 Å². The quantitative estimate of drug-likeness (QED) is 0.668. The van der Waals surface area contributed by atoms with Crippen molar-refractivity contribution in [1.29, 1.82) is 0 Å². The standard InChI is InChI=1S/C17H20O8S/c1-3-26(19,20)25-14-11-12(2)24-16(18)15(14)17(22-9-10-23-17)7-6-13-5-4-8-21-13/h4-5,8,11H,3,6-7,9-10H2,1-2H3. The van der Waals surface area contributed by atoms with Gasteiger partial charge in [-0.2, -0.15) is 8.42 Å². The van der Waals surface area contributed by atoms with E-state index in [9.17, 15) is 13.2 Å². The summed E-state index contributed by atoms with van der Waals surface area (Å²) in [4.78, 5) is 12.6. The Hall–Kier alpha value is -2.10. The Morgan fingerprint density at radius 2 is 2.00 bits per heavy atom. The summed E-state index contributed by atoms with van der Waals surface area (Å²) in [5, 5.41) is 0. The van der Waals surface area contributed by atoms with Crippen molar-refractivity contribution < 1.29 is 30.9 Å². The van der Waals surface area contributed by atoms with Gasteiger partial charge in [-0.05, 0) is 26.0 Å². The van der Waals surface area contributed by atoms with E-state index in [1.807, 2.05) is 0 Å². The van der Waals surface area contributed by atoms with Crippen molar-refractivity contribution in [2.75, 3.05) is 19.0 Å². The van der Waals surface area contributed by atoms with E-state index in [1.54, 1.807) is 18.4 Å². The lowest BCUT2D eigenvalue weighted by Gasteiger charge is -2.27. The maximum Gasteiger partial charge on any atom is 0.348 e. The summed E-state index contributed by atoms with van der Waals surface area (Å²) in [5.74, 6) is -0.934. The van der Waals surface area contributed by atoms with Gasteiger partial charge in [0.15, 0.2) is 5.75 Å². The highest BCUT2D eigenvalue weighted by Crippen LogP contribution is 2.39. The van der Waals surface area contributed by atoms with Crippen LogP contribution in [-0.2, 0) is 31.8 Å². The van der Waals surface area contributed by atoms with Crippen LogP contribution in [0.2, 0.25) is 0 Å². The molecule has 1 saturated heterocycles. The average molecular weight is 384 g/mol. The van der Waals surface area contributed by atoms with Gasteiger partial charge in [0.25, 0.3) is 0 Å². The van der Waals surface area contributed by atoms with Crippen LogP contribution in [0.15, 0.2) is 38.1 Å². The third-order valence-corrected chi connectivity index (χ3v) is 5.16. The lowest BCUT2D eigenvalue weighted by Crippen LogP contribution is -2.35. The molecule has 0 saturated carbocycles. The molecular weight excluding hydrogens is 364 g/mol. The Morgan fingerprint density at radius 1 is 1.27 bits per heavy atom. The molecule has 1 fully saturated rings. The van der Waals surface area contributed by atoms with E-state index < -0.39 is 21.5 Å². The first kappa shape index (κ1) is 18.7. The molecule has 0 atom stereocenters. The second-order valence-corrected chi connectivity index (χ2v) is 7.70. The molecular formula is C17H20O8S. The van der Waals surface area contributed by atoms with Crippen molar-refractivity contribution in [1.82, 2.24) is 0 Å². The highest BCUT2D eigenvalue weighted by atomic mass is 32.2. The SMILES string of the molecule is CCS(=O)(=O)Oc1cc(C)oc(=O)c1C1(CCc2ccco2)OCCO1. The minimum absolute atomic E-state index is 0.0934. The first-order valence-corrected chi connectivity index (χ1v) is 9.80. The molecule has 2 aromatic rings. The zero-order chi connectivity index (χ0) is 18.8. The van der Waals surface area contributed by atoms with Gasteiger partial charge in [-0.1, -0.05) is 0 Å². The molecule has 0 bridgehead atoms. The largest absolute Gasteiger partial charge is 0.469 e. The summed E-state index contributed by atoms with van der Waals surface area (Å²) in [7, 11) is -3.85. The Kier molecular flexibility index (Phi) is 5.22. The van der Waals surface area contributed by atoms with Crippen molar-refractivity contribution in [2.45, 2.75) is 32.5 Å². The molecule has 0 aliphatic carbocycles. The van der Waals surface area contributed by atoms with E-state index >= 15 is 0 Å². The van der Waals surface area contributed by atoms with Gasteiger partial charge in [-0.15, -0.1) is 0 Å². The second kappa shape index (κ2) is 7.26. The zero-order valence-corrected chi connectivity index (χ0v) is 15.3. The number of rotatable bonds is 7. The van der Waals surface area contributed by atoms with Crippen LogP contribution < -0.4 is 9.81 Å². The van der Waals surface area contributed by atoms with Crippen LogP contribution >= 0.6 is 0 Å². The number of hydrogen-bond acceptors (Lipinski definition) is 8. The molecule has 1 aliphatic heterocycles. The highest BCUT2D eigenvalue weighted by Gasteiger charge is 2.44. The highest BCUT2D eigenvalue weighted by molar-refractivity contribution is 7.87. The number of furan rings is 1. The maximum absolute atomic E-state index is 12.6. The maximum atomic E-state index is 12.6. The van der Waals surface area contributed by atoms with Gasteiger partial charge < -0.3 is 22.5 Å². The number of ether oxygens (including phenoxy) is 2. The summed E-state index contributed by atoms with van der Waals surface area (Å²) in [6, 6.07) is 4.89. The number of hydrogen-bond donors (Lipinski definition) is 0. The predicted octanol–water partition coefficient (Wildman–Crippen LogP) is 2.10. The molecule has 2 aromatic heterocycles. The molecule has 0 amide bonds. The van der Waals surface area contributed by atoms with Crippen LogP contribution in [-0.4, -0.2) is 27.4 Å². The predicted molar refractivity (Wildman–Crippen MR) is 90.4 cm³/mol. The monoisotopic (exact) mass is 384 g/mol. The molecule has 0 aromatic carbocycles. The van der Waals surface area contributed by atoms with Gasteiger partial charge in [0.1, 0.15) is 17.1 Å². The van der Waals surface area contributed by atoms with Gasteiger partial charge in [0.05, 0.1) is 25.2 Å². The van der Waals surface area contributed by atoms with Gasteiger partial charge in [-0.25, -0.2) is 4.79 Å². The van der Waals surface area contributed by atoms with Crippen molar-refractivity contribution in [3.05, 3.63) is 52.0 Å². The van der Waals surface area contributed by atoms with Crippen LogP contribution in [0.25, 0.3) is 0 Å². The van der Waals surface area contributed by atoms with Crippen LogP contribution in [0.1, 0.15) is 30.4 Å². The van der Waals surface area contributed by atoms with Gasteiger partial charge in [-0.3, -0.25) is 0 Å². The fourth-order valence-corrected chi connectivity index (χ4v) is 3.32. The van der Waals surface area contributed by atoms with Crippen molar-refractivity contribution in [2.24, 2.45) is 0 Å². The topological polar surface area (TPSA) is 105 Å². The Balaban J connectivity index is 2.04.